The number of benzene rings is 2. The Morgan fingerprint density at radius 2 is 1.58 bits per heavy atom. The van der Waals surface area contributed by atoms with E-state index in [1.165, 1.54) is 18.3 Å². The largest absolute Gasteiger partial charge is 0.573 e. The van der Waals surface area contributed by atoms with Crippen LogP contribution in [0.15, 0.2) is 54.7 Å². The van der Waals surface area contributed by atoms with E-state index >= 15 is 0 Å². The van der Waals surface area contributed by atoms with Crippen molar-refractivity contribution in [3.63, 3.8) is 0 Å². The van der Waals surface area contributed by atoms with Gasteiger partial charge in [0.05, 0.1) is 33.6 Å². The Hall–Kier alpha value is -3.92. The minimum atomic E-state index is -4.85. The number of imide groups is 1. The number of rotatable bonds is 3. The Bertz CT molecular complexity index is 1430. The Kier molecular flexibility index (Phi) is 4.64. The van der Waals surface area contributed by atoms with E-state index in [1.807, 2.05) is 0 Å². The van der Waals surface area contributed by atoms with Gasteiger partial charge in [0.2, 0.25) is 0 Å². The molecule has 3 heterocycles. The second-order valence-electron chi connectivity index (χ2n) is 7.21. The van der Waals surface area contributed by atoms with Crippen molar-refractivity contribution in [1.29, 1.82) is 0 Å². The molecule has 166 valence electrons. The molecule has 11 heteroatoms. The topological polar surface area (TPSA) is 77.3 Å². The number of nitrogens with zero attached hydrogens (tertiary/aromatic N) is 4. The van der Waals surface area contributed by atoms with Crippen molar-refractivity contribution in [2.75, 3.05) is 4.90 Å². The minimum Gasteiger partial charge on any atom is -0.406 e. The summed E-state index contributed by atoms with van der Waals surface area (Å²) >= 11 is 5.95. The number of aryl methyl sites for hydroxylation is 1. The summed E-state index contributed by atoms with van der Waals surface area (Å²) in [5.74, 6) is -1.72. The predicted molar refractivity (Wildman–Crippen MR) is 113 cm³/mol. The summed E-state index contributed by atoms with van der Waals surface area (Å²) < 4.78 is 42.6. The molecule has 2 aromatic heterocycles. The number of pyridine rings is 1. The molecule has 0 atom stereocenters. The first-order valence-electron chi connectivity index (χ1n) is 9.53. The van der Waals surface area contributed by atoms with E-state index in [2.05, 4.69) is 14.8 Å². The van der Waals surface area contributed by atoms with Gasteiger partial charge in [0.1, 0.15) is 5.75 Å². The molecule has 0 saturated heterocycles. The van der Waals surface area contributed by atoms with Crippen LogP contribution in [0, 0.1) is 6.92 Å². The summed E-state index contributed by atoms with van der Waals surface area (Å²) in [6.07, 6.45) is -3.55. The van der Waals surface area contributed by atoms with Gasteiger partial charge in [-0.05, 0) is 55.5 Å². The third-order valence-corrected chi connectivity index (χ3v) is 5.37. The molecule has 0 fully saturated rings. The molecule has 0 N–H and O–H groups in total. The Morgan fingerprint density at radius 3 is 2.21 bits per heavy atom. The van der Waals surface area contributed by atoms with Crippen LogP contribution < -0.4 is 9.64 Å². The molecule has 33 heavy (non-hydrogen) atoms. The maximum Gasteiger partial charge on any atom is 0.573 e. The van der Waals surface area contributed by atoms with Crippen LogP contribution in [0.25, 0.3) is 16.7 Å². The number of halogens is 4. The van der Waals surface area contributed by atoms with Crippen molar-refractivity contribution < 1.29 is 27.5 Å². The van der Waals surface area contributed by atoms with Gasteiger partial charge < -0.3 is 4.74 Å². The summed E-state index contributed by atoms with van der Waals surface area (Å²) in [7, 11) is 0. The molecule has 1 aliphatic heterocycles. The maximum atomic E-state index is 13.3. The third kappa shape index (κ3) is 3.48. The van der Waals surface area contributed by atoms with Crippen LogP contribution in [0.1, 0.15) is 26.4 Å². The molecule has 4 aromatic rings. The molecule has 2 amide bonds. The second-order valence-corrected chi connectivity index (χ2v) is 7.64. The highest BCUT2D eigenvalue weighted by Gasteiger charge is 2.40. The Morgan fingerprint density at radius 1 is 0.939 bits per heavy atom. The van der Waals surface area contributed by atoms with Crippen molar-refractivity contribution >= 4 is 40.1 Å². The molecular weight excluding hydrogens is 461 g/mol. The number of carbonyl (C=O) groups is 2. The van der Waals surface area contributed by atoms with Crippen LogP contribution >= 0.6 is 11.6 Å². The van der Waals surface area contributed by atoms with Gasteiger partial charge in [-0.15, -0.1) is 13.2 Å². The van der Waals surface area contributed by atoms with E-state index < -0.39 is 23.9 Å². The number of hydrogen-bond donors (Lipinski definition) is 0. The Balaban J connectivity index is 1.58. The second kappa shape index (κ2) is 7.31. The molecule has 0 bridgehead atoms. The lowest BCUT2D eigenvalue weighted by molar-refractivity contribution is -0.274. The smallest absolute Gasteiger partial charge is 0.406 e. The molecule has 0 unspecified atom stereocenters. The van der Waals surface area contributed by atoms with Crippen molar-refractivity contribution in [2.24, 2.45) is 0 Å². The van der Waals surface area contributed by atoms with Gasteiger partial charge in [-0.2, -0.15) is 5.10 Å². The lowest BCUT2D eigenvalue weighted by atomic mass is 10.1. The molecule has 1 aliphatic rings. The van der Waals surface area contributed by atoms with Crippen molar-refractivity contribution in [3.8, 4) is 11.4 Å². The lowest BCUT2D eigenvalue weighted by Crippen LogP contribution is -2.29. The van der Waals surface area contributed by atoms with Gasteiger partial charge in [-0.3, -0.25) is 9.59 Å². The zero-order valence-electron chi connectivity index (χ0n) is 16.7. The van der Waals surface area contributed by atoms with Crippen LogP contribution in [0.4, 0.5) is 18.9 Å². The fraction of sp³-hybridized carbons (Fsp3) is 0.0909. The van der Waals surface area contributed by atoms with Crippen molar-refractivity contribution in [2.45, 2.75) is 13.3 Å². The average molecular weight is 473 g/mol. The fourth-order valence-corrected chi connectivity index (χ4v) is 3.88. The summed E-state index contributed by atoms with van der Waals surface area (Å²) in [5.41, 5.74) is 1.86. The van der Waals surface area contributed by atoms with Crippen LogP contribution in [-0.4, -0.2) is 32.9 Å². The summed E-state index contributed by atoms with van der Waals surface area (Å²) in [6.45, 7) is 1.69. The van der Waals surface area contributed by atoms with Gasteiger partial charge in [0, 0.05) is 11.2 Å². The van der Waals surface area contributed by atoms with E-state index in [-0.39, 0.29) is 16.8 Å². The highest BCUT2D eigenvalue weighted by Crippen LogP contribution is 2.35. The summed E-state index contributed by atoms with van der Waals surface area (Å²) in [6, 6.07) is 11.3. The Labute approximate surface area is 189 Å². The lowest BCUT2D eigenvalue weighted by Gasteiger charge is -2.15. The zero-order valence-corrected chi connectivity index (χ0v) is 17.5. The molecule has 7 nitrogen and oxygen atoms in total. The number of carbonyl (C=O) groups excluding carboxylic acids is 2. The van der Waals surface area contributed by atoms with E-state index in [4.69, 9.17) is 11.6 Å². The predicted octanol–water partition coefficient (Wildman–Crippen LogP) is 5.08. The van der Waals surface area contributed by atoms with Crippen LogP contribution in [0.3, 0.4) is 0 Å². The van der Waals surface area contributed by atoms with E-state index in [1.54, 1.807) is 35.9 Å². The number of fused-ring (bicyclic) bond motifs is 3. The number of hydrogen-bond acceptors (Lipinski definition) is 5. The number of amides is 2. The van der Waals surface area contributed by atoms with E-state index in [0.717, 1.165) is 17.0 Å². The third-order valence-electron chi connectivity index (χ3n) is 5.12. The van der Waals surface area contributed by atoms with Gasteiger partial charge in [-0.25, -0.2) is 14.6 Å². The van der Waals surface area contributed by atoms with E-state index in [0.29, 0.717) is 27.4 Å². The molecule has 5 rings (SSSR count). The number of aromatic nitrogens is 3. The number of anilines is 1. The molecular formula is C22H12ClF3N4O3. The first kappa shape index (κ1) is 21.0. The van der Waals surface area contributed by atoms with E-state index in [9.17, 15) is 22.8 Å². The van der Waals surface area contributed by atoms with Crippen molar-refractivity contribution in [3.05, 3.63) is 76.6 Å². The molecule has 2 aromatic carbocycles. The highest BCUT2D eigenvalue weighted by atomic mass is 35.5. The molecule has 0 aliphatic carbocycles. The van der Waals surface area contributed by atoms with Gasteiger partial charge in [-0.1, -0.05) is 11.6 Å². The van der Waals surface area contributed by atoms with Gasteiger partial charge in [0.15, 0.2) is 5.65 Å². The minimum absolute atomic E-state index is 0.0851. The van der Waals surface area contributed by atoms with Crippen LogP contribution in [0.2, 0.25) is 5.02 Å². The normalized spacial score (nSPS) is 13.7. The molecule has 0 spiro atoms. The number of ether oxygens (including phenoxy) is 1. The first-order valence-corrected chi connectivity index (χ1v) is 9.91. The first-order chi connectivity index (χ1) is 15.6. The van der Waals surface area contributed by atoms with Crippen LogP contribution in [0.5, 0.6) is 5.75 Å². The van der Waals surface area contributed by atoms with Crippen molar-refractivity contribution in [1.82, 2.24) is 14.8 Å². The molecule has 0 saturated carbocycles. The summed E-state index contributed by atoms with van der Waals surface area (Å²) in [5, 5.41) is 5.44. The molecule has 0 radical (unpaired) electrons. The quantitative estimate of drug-likeness (QED) is 0.388. The summed E-state index contributed by atoms with van der Waals surface area (Å²) in [4.78, 5) is 31.5. The zero-order chi connectivity index (χ0) is 23.5. The average Bonchev–Trinajstić information content (AvgIpc) is 3.22. The fourth-order valence-electron chi connectivity index (χ4n) is 3.75. The number of alkyl halides is 3. The SMILES string of the molecule is Cc1nn(-c2ccc(Cl)cc2)c2ncc3c(c12)C(=O)N(c1ccc(OC(F)(F)F)cc1)C3=O. The highest BCUT2D eigenvalue weighted by molar-refractivity contribution is 6.37. The standard InChI is InChI=1S/C22H12ClF3N4O3/c1-11-17-18-16(10-27-19(17)30(28-11)14-4-2-12(23)3-5-14)20(31)29(21(18)32)13-6-8-15(9-7-13)33-22(24,25)26/h2-10H,1H3. The van der Waals surface area contributed by atoms with Gasteiger partial charge in [0.25, 0.3) is 11.8 Å². The monoisotopic (exact) mass is 472 g/mol. The maximum absolute atomic E-state index is 13.3. The van der Waals surface area contributed by atoms with Gasteiger partial charge >= 0.3 is 6.36 Å². The van der Waals surface area contributed by atoms with Crippen LogP contribution in [-0.2, 0) is 0 Å².